The molecule has 0 amide bonds. The molecule has 0 saturated heterocycles. The number of aliphatic hydroxyl groups excluding tert-OH is 1. The number of hydrogen-bond acceptors (Lipinski definition) is 4. The first-order chi connectivity index (χ1) is 9.63. The number of benzene rings is 2. The van der Waals surface area contributed by atoms with Gasteiger partial charge in [0, 0.05) is 6.42 Å². The minimum atomic E-state index is -0.806. The number of ether oxygens (including phenoxy) is 1. The average molecular weight is 273 g/mol. The molecule has 0 heterocycles. The molecule has 0 saturated carbocycles. The van der Waals surface area contributed by atoms with Crippen LogP contribution in [0.5, 0.6) is 11.5 Å². The number of rotatable bonds is 5. The topological polar surface area (TPSA) is 75.7 Å². The van der Waals surface area contributed by atoms with Gasteiger partial charge < -0.3 is 20.7 Å². The summed E-state index contributed by atoms with van der Waals surface area (Å²) < 4.78 is 5.20. The van der Waals surface area contributed by atoms with E-state index in [1.165, 1.54) is 13.2 Å². The summed E-state index contributed by atoms with van der Waals surface area (Å²) in [5, 5.41) is 20.2. The molecule has 0 radical (unpaired) electrons. The Kier molecular flexibility index (Phi) is 4.61. The van der Waals surface area contributed by atoms with Gasteiger partial charge in [-0.05, 0) is 17.7 Å². The molecule has 2 aromatic rings. The molecule has 0 fully saturated rings. The van der Waals surface area contributed by atoms with Crippen LogP contribution in [0.1, 0.15) is 17.2 Å². The minimum absolute atomic E-state index is 0.0314. The van der Waals surface area contributed by atoms with Crippen molar-refractivity contribution in [2.45, 2.75) is 18.6 Å². The highest BCUT2D eigenvalue weighted by Crippen LogP contribution is 2.34. The molecule has 0 bridgehead atoms. The zero-order valence-corrected chi connectivity index (χ0v) is 11.4. The van der Waals surface area contributed by atoms with Crippen LogP contribution in [0.3, 0.4) is 0 Å². The van der Waals surface area contributed by atoms with Crippen LogP contribution < -0.4 is 10.5 Å². The lowest BCUT2D eigenvalue weighted by atomic mass is 9.95. The highest BCUT2D eigenvalue weighted by atomic mass is 16.5. The van der Waals surface area contributed by atoms with Crippen molar-refractivity contribution >= 4 is 0 Å². The van der Waals surface area contributed by atoms with Crippen molar-refractivity contribution in [3.05, 3.63) is 59.7 Å². The van der Waals surface area contributed by atoms with Gasteiger partial charge >= 0.3 is 0 Å². The van der Waals surface area contributed by atoms with Crippen molar-refractivity contribution < 1.29 is 14.9 Å². The Morgan fingerprint density at radius 1 is 1.10 bits per heavy atom. The van der Waals surface area contributed by atoms with E-state index in [1.54, 1.807) is 12.1 Å². The summed E-state index contributed by atoms with van der Waals surface area (Å²) in [6, 6.07) is 13.8. The van der Waals surface area contributed by atoms with Gasteiger partial charge in [0.15, 0.2) is 0 Å². The fourth-order valence-corrected chi connectivity index (χ4v) is 2.22. The second-order valence-corrected chi connectivity index (χ2v) is 4.68. The molecule has 0 spiro atoms. The van der Waals surface area contributed by atoms with Crippen LogP contribution in [-0.4, -0.2) is 23.4 Å². The first-order valence-electron chi connectivity index (χ1n) is 6.47. The highest BCUT2D eigenvalue weighted by Gasteiger charge is 2.23. The van der Waals surface area contributed by atoms with Gasteiger partial charge in [0.25, 0.3) is 0 Å². The lowest BCUT2D eigenvalue weighted by Crippen LogP contribution is -2.28. The van der Waals surface area contributed by atoms with Gasteiger partial charge in [0.1, 0.15) is 11.5 Å². The van der Waals surface area contributed by atoms with Crippen molar-refractivity contribution in [2.75, 3.05) is 7.11 Å². The van der Waals surface area contributed by atoms with Crippen LogP contribution in [0.15, 0.2) is 48.5 Å². The molecule has 2 aromatic carbocycles. The lowest BCUT2D eigenvalue weighted by molar-refractivity contribution is 0.142. The van der Waals surface area contributed by atoms with Gasteiger partial charge in [-0.3, -0.25) is 0 Å². The summed E-state index contributed by atoms with van der Waals surface area (Å²) in [4.78, 5) is 0. The van der Waals surface area contributed by atoms with Crippen LogP contribution in [0.4, 0.5) is 0 Å². The maximum atomic E-state index is 10.3. The summed E-state index contributed by atoms with van der Waals surface area (Å²) in [5.41, 5.74) is 7.49. The maximum absolute atomic E-state index is 10.3. The van der Waals surface area contributed by atoms with Crippen molar-refractivity contribution in [3.63, 3.8) is 0 Å². The number of hydrogen-bond donors (Lipinski definition) is 3. The van der Waals surface area contributed by atoms with Gasteiger partial charge in [0.05, 0.1) is 24.8 Å². The normalized spacial score (nSPS) is 13.8. The Morgan fingerprint density at radius 2 is 1.80 bits per heavy atom. The zero-order valence-electron chi connectivity index (χ0n) is 11.4. The number of phenols is 1. The van der Waals surface area contributed by atoms with Crippen molar-refractivity contribution in [1.82, 2.24) is 0 Å². The van der Waals surface area contributed by atoms with Gasteiger partial charge in [-0.15, -0.1) is 0 Å². The van der Waals surface area contributed by atoms with Crippen molar-refractivity contribution in [1.29, 1.82) is 0 Å². The Balaban J connectivity index is 2.20. The lowest BCUT2D eigenvalue weighted by Gasteiger charge is -2.22. The highest BCUT2D eigenvalue weighted by molar-refractivity contribution is 5.46. The van der Waals surface area contributed by atoms with Crippen LogP contribution in [0.25, 0.3) is 0 Å². The smallest absolute Gasteiger partial charge is 0.127 e. The molecule has 4 heteroatoms. The third kappa shape index (κ3) is 3.10. The Bertz CT molecular complexity index is 557. The van der Waals surface area contributed by atoms with Crippen molar-refractivity contribution in [2.24, 2.45) is 5.73 Å². The van der Waals surface area contributed by atoms with E-state index in [9.17, 15) is 10.2 Å². The first-order valence-corrected chi connectivity index (χ1v) is 6.47. The van der Waals surface area contributed by atoms with E-state index in [2.05, 4.69) is 0 Å². The second kappa shape index (κ2) is 6.41. The van der Waals surface area contributed by atoms with Gasteiger partial charge in [-0.1, -0.05) is 36.4 Å². The van der Waals surface area contributed by atoms with E-state index < -0.39 is 12.1 Å². The average Bonchev–Trinajstić information content (AvgIpc) is 2.47. The summed E-state index contributed by atoms with van der Waals surface area (Å²) in [6.07, 6.45) is -0.390. The van der Waals surface area contributed by atoms with E-state index >= 15 is 0 Å². The van der Waals surface area contributed by atoms with E-state index in [1.807, 2.05) is 30.3 Å². The zero-order chi connectivity index (χ0) is 14.5. The first kappa shape index (κ1) is 14.4. The van der Waals surface area contributed by atoms with Crippen LogP contribution in [-0.2, 0) is 6.42 Å². The molecule has 0 aliphatic heterocycles. The quantitative estimate of drug-likeness (QED) is 0.779. The Morgan fingerprint density at radius 3 is 2.45 bits per heavy atom. The largest absolute Gasteiger partial charge is 0.507 e. The third-order valence-electron chi connectivity index (χ3n) is 3.30. The summed E-state index contributed by atoms with van der Waals surface area (Å²) in [6.45, 7) is 0. The minimum Gasteiger partial charge on any atom is -0.507 e. The molecule has 0 aliphatic rings. The van der Waals surface area contributed by atoms with Gasteiger partial charge in [-0.25, -0.2) is 0 Å². The van der Waals surface area contributed by atoms with E-state index in [-0.39, 0.29) is 5.75 Å². The van der Waals surface area contributed by atoms with E-state index in [0.29, 0.717) is 17.7 Å². The van der Waals surface area contributed by atoms with E-state index in [0.717, 1.165) is 5.56 Å². The number of aliphatic hydroxyl groups is 1. The van der Waals surface area contributed by atoms with E-state index in [4.69, 9.17) is 10.5 Å². The predicted octanol–water partition coefficient (Wildman–Crippen LogP) is 2.00. The maximum Gasteiger partial charge on any atom is 0.127 e. The molecular formula is C16H19NO3. The molecule has 4 nitrogen and oxygen atoms in total. The summed E-state index contributed by atoms with van der Waals surface area (Å²) >= 11 is 0. The molecule has 2 atom stereocenters. The predicted molar refractivity (Wildman–Crippen MR) is 77.7 cm³/mol. The molecule has 0 aromatic heterocycles. The van der Waals surface area contributed by atoms with Gasteiger partial charge in [0.2, 0.25) is 0 Å². The standard InChI is InChI=1S/C16H19NO3/c1-20-14-9-5-8-12(18)15(14)16(17)13(19)10-11-6-3-2-4-7-11/h2-9,13,16,18-19H,10,17H2,1H3/t13-,16-/m0/s1. The molecule has 20 heavy (non-hydrogen) atoms. The number of nitrogens with two attached hydrogens (primary N) is 1. The molecule has 2 rings (SSSR count). The number of methoxy groups -OCH3 is 1. The summed E-state index contributed by atoms with van der Waals surface area (Å²) in [5.74, 6) is 0.508. The summed E-state index contributed by atoms with van der Waals surface area (Å²) in [7, 11) is 1.51. The molecule has 0 aliphatic carbocycles. The SMILES string of the molecule is COc1cccc(O)c1[C@@H](N)[C@@H](O)Cc1ccccc1. The molecular weight excluding hydrogens is 254 g/mol. The fourth-order valence-electron chi connectivity index (χ4n) is 2.22. The molecule has 4 N–H and O–H groups in total. The molecule has 106 valence electrons. The number of phenolic OH excluding ortho intramolecular Hbond substituents is 1. The van der Waals surface area contributed by atoms with Crippen LogP contribution in [0.2, 0.25) is 0 Å². The number of aromatic hydroxyl groups is 1. The fraction of sp³-hybridized carbons (Fsp3) is 0.250. The second-order valence-electron chi connectivity index (χ2n) is 4.68. The van der Waals surface area contributed by atoms with Crippen LogP contribution in [0, 0.1) is 0 Å². The van der Waals surface area contributed by atoms with Crippen LogP contribution >= 0.6 is 0 Å². The Hall–Kier alpha value is -2.04. The molecule has 0 unspecified atom stereocenters. The Labute approximate surface area is 118 Å². The monoisotopic (exact) mass is 273 g/mol. The van der Waals surface area contributed by atoms with Crippen molar-refractivity contribution in [3.8, 4) is 11.5 Å². The third-order valence-corrected chi connectivity index (χ3v) is 3.30. The van der Waals surface area contributed by atoms with Gasteiger partial charge in [-0.2, -0.15) is 0 Å².